The van der Waals surface area contributed by atoms with Crippen molar-refractivity contribution in [2.45, 2.75) is 51.4 Å². The van der Waals surface area contributed by atoms with Crippen molar-refractivity contribution in [3.8, 4) is 0 Å². The number of hydrogen-bond acceptors (Lipinski definition) is 34. The molecule has 2 rings (SSSR count). The highest BCUT2D eigenvalue weighted by molar-refractivity contribution is 6.03. The van der Waals surface area contributed by atoms with Crippen molar-refractivity contribution in [1.82, 2.24) is 30.6 Å². The fraction of sp³-hybridized carbons (Fsp3) is 0.829. The third-order valence-corrected chi connectivity index (χ3v) is 13.9. The first kappa shape index (κ1) is 98.8. The Balaban J connectivity index is 0.00000107. The van der Waals surface area contributed by atoms with Gasteiger partial charge in [0.15, 0.2) is 57.6 Å². The monoisotopic (exact) mass is 1530 g/mol. The van der Waals surface area contributed by atoms with Crippen molar-refractivity contribution in [2.24, 2.45) is 0 Å². The predicted octanol–water partition coefficient (Wildman–Crippen LogP) is 2.95. The van der Waals surface area contributed by atoms with Crippen molar-refractivity contribution in [2.75, 3.05) is 355 Å². The molecule has 0 aliphatic carbocycles. The number of nitrogens with zero attached hydrogens (tertiary/aromatic N) is 4. The molecule has 0 aliphatic heterocycles. The summed E-state index contributed by atoms with van der Waals surface area (Å²) in [4.78, 5) is 71.9. The second-order valence-corrected chi connectivity index (χ2v) is 22.4. The van der Waals surface area contributed by atoms with Gasteiger partial charge in [0.1, 0.15) is 0 Å². The molecule has 2 amide bonds. The number of nitrogens with one attached hydrogen (secondary N) is 6. The smallest absolute Gasteiger partial charge is 0.273 e. The first-order valence-electron chi connectivity index (χ1n) is 36.6. The van der Waals surface area contributed by atoms with E-state index in [1.54, 1.807) is 56.9 Å². The molecule has 36 heteroatoms. The van der Waals surface area contributed by atoms with Crippen LogP contribution in [0.4, 0.5) is 23.3 Å². The zero-order valence-corrected chi connectivity index (χ0v) is 64.8. The lowest BCUT2D eigenvalue weighted by Gasteiger charge is -2.16. The number of carbonyl (C=O) groups is 4. The Kier molecular flexibility index (Phi) is 71.3. The van der Waals surface area contributed by atoms with Gasteiger partial charge in [-0.1, -0.05) is 0 Å². The second kappa shape index (κ2) is 76.5. The Morgan fingerprint density at radius 1 is 0.217 bits per heavy atom. The van der Waals surface area contributed by atoms with Gasteiger partial charge >= 0.3 is 0 Å². The van der Waals surface area contributed by atoms with E-state index >= 15 is 0 Å². The van der Waals surface area contributed by atoms with Crippen LogP contribution in [0.15, 0.2) is 0 Å². The number of rotatable bonds is 80. The molecule has 0 spiro atoms. The van der Waals surface area contributed by atoms with Crippen molar-refractivity contribution in [1.29, 1.82) is 0 Å². The maximum absolute atomic E-state index is 13.5. The molecule has 0 radical (unpaired) electrons. The maximum Gasteiger partial charge on any atom is 0.273 e. The minimum atomic E-state index is -0.462. The van der Waals surface area contributed by atoms with Crippen LogP contribution in [0.3, 0.4) is 0 Å². The zero-order valence-electron chi connectivity index (χ0n) is 64.8. The fourth-order valence-electron chi connectivity index (χ4n) is 8.44. The van der Waals surface area contributed by atoms with Gasteiger partial charge in [-0.15, -0.1) is 0 Å². The summed E-state index contributed by atoms with van der Waals surface area (Å²) in [5.74, 6) is -0.489. The lowest BCUT2D eigenvalue weighted by Crippen LogP contribution is -2.30. The van der Waals surface area contributed by atoms with Gasteiger partial charge < -0.3 is 136 Å². The third-order valence-electron chi connectivity index (χ3n) is 13.9. The van der Waals surface area contributed by atoms with Gasteiger partial charge in [0, 0.05) is 149 Å². The second-order valence-electron chi connectivity index (χ2n) is 22.4. The summed E-state index contributed by atoms with van der Waals surface area (Å²) in [6.45, 7) is 19.0. The number of carbonyl (C=O) groups excluding carboxylic acids is 4. The molecule has 0 saturated carbocycles. The van der Waals surface area contributed by atoms with Crippen molar-refractivity contribution in [3.05, 3.63) is 22.8 Å². The van der Waals surface area contributed by atoms with Crippen LogP contribution in [-0.4, -0.2) is 377 Å². The van der Waals surface area contributed by atoms with Crippen LogP contribution >= 0.6 is 0 Å². The van der Waals surface area contributed by atoms with Gasteiger partial charge in [-0.2, -0.15) is 0 Å². The Hall–Kier alpha value is -5.24. The summed E-state index contributed by atoms with van der Waals surface area (Å²) in [6, 6.07) is 0. The van der Waals surface area contributed by atoms with E-state index < -0.39 is 11.8 Å². The van der Waals surface area contributed by atoms with E-state index in [2.05, 4.69) is 51.8 Å². The van der Waals surface area contributed by atoms with Gasteiger partial charge in [0.2, 0.25) is 0 Å². The first-order chi connectivity index (χ1) is 52.2. The number of hydrogen-bond donors (Lipinski definition) is 6. The van der Waals surface area contributed by atoms with E-state index in [9.17, 15) is 19.2 Å². The predicted molar refractivity (Wildman–Crippen MR) is 395 cm³/mol. The highest BCUT2D eigenvalue weighted by Gasteiger charge is 2.25. The summed E-state index contributed by atoms with van der Waals surface area (Å²) >= 11 is 0. The Morgan fingerprint density at radius 3 is 0.679 bits per heavy atom. The molecular formula is C70H130N10O26. The Labute approximate surface area is 627 Å². The third kappa shape index (κ3) is 56.9. The lowest BCUT2D eigenvalue weighted by atomic mass is 10.1. The quantitative estimate of drug-likeness (QED) is 0.0409. The van der Waals surface area contributed by atoms with Crippen LogP contribution in [-0.2, 0) is 104 Å². The van der Waals surface area contributed by atoms with Gasteiger partial charge in [-0.25, -0.2) is 19.9 Å². The van der Waals surface area contributed by atoms with Gasteiger partial charge in [-0.05, 0) is 38.5 Å². The Bertz CT molecular complexity index is 2220. The largest absolute Gasteiger partial charge is 0.385 e. The number of ketones is 2. The SMILES string of the molecule is COCCCC(=O)c1nc(NCCCOCCOCCOCCOC)c(C(=O)NCCOC)nc1NCCCOCCOCCOCCOC.COCCOCCCC(=O)c1nc(NCCCOCCOCCOCCOC)c(C(=O)NCCOCCOC)nc1NCCCOCCOCCOCCOC. The summed E-state index contributed by atoms with van der Waals surface area (Å²) in [7, 11) is 12.8. The molecule has 36 nitrogen and oxygen atoms in total. The number of Topliss-reactive ketones (excluding diaryl/α,β-unsaturated/α-hetero) is 2. The molecule has 2 heterocycles. The summed E-state index contributed by atoms with van der Waals surface area (Å²) < 4.78 is 117. The molecular weight excluding hydrogens is 1400 g/mol. The van der Waals surface area contributed by atoms with Gasteiger partial charge in [0.25, 0.3) is 11.8 Å². The molecule has 0 aromatic carbocycles. The average molecular weight is 1530 g/mol. The van der Waals surface area contributed by atoms with E-state index in [1.807, 2.05) is 0 Å². The molecule has 106 heavy (non-hydrogen) atoms. The number of anilines is 4. The minimum Gasteiger partial charge on any atom is -0.385 e. The molecule has 0 saturated heterocycles. The number of aromatic nitrogens is 4. The van der Waals surface area contributed by atoms with E-state index in [4.69, 9.17) is 104 Å². The van der Waals surface area contributed by atoms with Crippen LogP contribution in [0.2, 0.25) is 0 Å². The molecule has 616 valence electrons. The molecule has 0 bridgehead atoms. The highest BCUT2D eigenvalue weighted by Crippen LogP contribution is 2.23. The summed E-state index contributed by atoms with van der Waals surface area (Å²) in [6.07, 6.45) is 3.85. The van der Waals surface area contributed by atoms with Crippen molar-refractivity contribution >= 4 is 46.7 Å². The van der Waals surface area contributed by atoms with E-state index in [0.717, 1.165) is 0 Å². The average Bonchev–Trinajstić information content (AvgIpc) is 0.813. The molecule has 0 aliphatic rings. The molecule has 0 unspecified atom stereocenters. The van der Waals surface area contributed by atoms with Crippen molar-refractivity contribution in [3.63, 3.8) is 0 Å². The van der Waals surface area contributed by atoms with Crippen LogP contribution in [0.1, 0.15) is 93.3 Å². The highest BCUT2D eigenvalue weighted by atomic mass is 16.6. The minimum absolute atomic E-state index is 0.0467. The zero-order chi connectivity index (χ0) is 76.9. The van der Waals surface area contributed by atoms with E-state index in [-0.39, 0.29) is 90.2 Å². The number of amides is 2. The summed E-state index contributed by atoms with van der Waals surface area (Å²) in [5.41, 5.74) is 0.397. The van der Waals surface area contributed by atoms with Crippen LogP contribution in [0.25, 0.3) is 0 Å². The molecule has 2 aromatic rings. The fourth-order valence-corrected chi connectivity index (χ4v) is 8.44. The molecule has 6 N–H and O–H groups in total. The maximum atomic E-state index is 13.5. The van der Waals surface area contributed by atoms with Crippen LogP contribution in [0.5, 0.6) is 0 Å². The number of ether oxygens (including phenoxy) is 22. The topological polar surface area (TPSA) is 395 Å². The first-order valence-corrected chi connectivity index (χ1v) is 36.6. The molecule has 0 atom stereocenters. The normalized spacial score (nSPS) is 11.2. The van der Waals surface area contributed by atoms with Crippen LogP contribution < -0.4 is 31.9 Å². The van der Waals surface area contributed by atoms with E-state index in [1.165, 1.54) is 0 Å². The van der Waals surface area contributed by atoms with Gasteiger partial charge in [-0.3, -0.25) is 19.2 Å². The summed E-state index contributed by atoms with van der Waals surface area (Å²) in [5, 5.41) is 18.4. The van der Waals surface area contributed by atoms with Gasteiger partial charge in [0.05, 0.1) is 198 Å². The molecule has 2 aromatic heterocycles. The Morgan fingerprint density at radius 2 is 0.415 bits per heavy atom. The van der Waals surface area contributed by atoms with Crippen molar-refractivity contribution < 1.29 is 123 Å². The number of methoxy groups -OCH3 is 8. The van der Waals surface area contributed by atoms with Crippen LogP contribution in [0, 0.1) is 0 Å². The standard InChI is InChI=1S/C37H69N5O14.C33H61N5O12/c1-45-16-20-49-12-5-8-32(43)33-35(38-9-6-13-50-24-26-55-30-28-53-22-18-47-3)42-34(37(44)40-11-15-52-21-17-46-2)36(41-33)39-10-7-14-51-25-27-56-31-29-54-23-19-48-4;1-41-12-5-8-28(39)29-31(34-9-6-13-45-20-22-49-26-24-47-18-16-43-3)38-30(33(40)36-11-15-42-2)32(37-29)35-10-7-14-46-21-23-50-27-25-48-19-17-44-4/h5-31H2,1-4H3,(H,38,42)(H,39,41)(H,40,44);5-27H2,1-4H3,(H,34,38)(H,35,37)(H,36,40). The van der Waals surface area contributed by atoms with E-state index in [0.29, 0.717) is 296 Å². The molecule has 0 fully saturated rings. The lowest BCUT2D eigenvalue weighted by molar-refractivity contribution is 0.00367.